The first-order chi connectivity index (χ1) is 12.6. The van der Waals surface area contributed by atoms with Gasteiger partial charge in [-0.1, -0.05) is 36.7 Å². The monoisotopic (exact) mass is 371 g/mol. The topological polar surface area (TPSA) is 72.3 Å². The van der Waals surface area contributed by atoms with Crippen LogP contribution in [-0.2, 0) is 9.59 Å². The van der Waals surface area contributed by atoms with Crippen molar-refractivity contribution in [2.24, 2.45) is 0 Å². The number of imide groups is 1. The second-order valence-electron chi connectivity index (χ2n) is 6.86. The largest absolute Gasteiger partial charge is 0.284 e. The van der Waals surface area contributed by atoms with E-state index in [1.54, 1.807) is 10.6 Å². The minimum Gasteiger partial charge on any atom is -0.284 e. The van der Waals surface area contributed by atoms with Gasteiger partial charge in [0, 0.05) is 19.0 Å². The van der Waals surface area contributed by atoms with Crippen molar-refractivity contribution < 1.29 is 9.59 Å². The maximum atomic E-state index is 13.0. The molecule has 26 heavy (non-hydrogen) atoms. The van der Waals surface area contributed by atoms with Crippen molar-refractivity contribution in [3.05, 3.63) is 34.6 Å². The Balaban J connectivity index is 1.66. The molecule has 7 heteroatoms. The van der Waals surface area contributed by atoms with Gasteiger partial charge in [-0.15, -0.1) is 0 Å². The lowest BCUT2D eigenvalue weighted by atomic mass is 10.2. The molecule has 2 heterocycles. The van der Waals surface area contributed by atoms with Crippen molar-refractivity contribution in [2.45, 2.75) is 49.7 Å². The summed E-state index contributed by atoms with van der Waals surface area (Å²) in [6.07, 6.45) is 5.32. The van der Waals surface area contributed by atoms with E-state index in [4.69, 9.17) is 0 Å². The Morgan fingerprint density at radius 3 is 2.65 bits per heavy atom. The van der Waals surface area contributed by atoms with Crippen LogP contribution in [0.15, 0.2) is 34.2 Å². The molecule has 1 aliphatic heterocycles. The molecule has 1 aromatic carbocycles. The first-order valence-electron chi connectivity index (χ1n) is 9.12. The predicted molar refractivity (Wildman–Crippen MR) is 100 cm³/mol. The number of aromatic nitrogens is 2. The molecule has 0 N–H and O–H groups in total. The van der Waals surface area contributed by atoms with Crippen LogP contribution in [0.5, 0.6) is 0 Å². The molecular formula is C19H21N3O3S. The summed E-state index contributed by atoms with van der Waals surface area (Å²) in [6, 6.07) is 7.48. The molecule has 0 bridgehead atoms. The molecule has 1 aromatic heterocycles. The van der Waals surface area contributed by atoms with Gasteiger partial charge in [-0.2, -0.15) is 0 Å². The third-order valence-corrected chi connectivity index (χ3v) is 6.10. The van der Waals surface area contributed by atoms with E-state index in [0.29, 0.717) is 29.0 Å². The third kappa shape index (κ3) is 3.16. The minimum absolute atomic E-state index is 0.0327. The van der Waals surface area contributed by atoms with Crippen molar-refractivity contribution in [2.75, 3.05) is 12.3 Å². The number of amides is 2. The van der Waals surface area contributed by atoms with Gasteiger partial charge in [0.2, 0.25) is 11.8 Å². The van der Waals surface area contributed by atoms with E-state index in [-0.39, 0.29) is 29.2 Å². The summed E-state index contributed by atoms with van der Waals surface area (Å²) >= 11 is 1.27. The third-order valence-electron chi connectivity index (χ3n) is 5.16. The van der Waals surface area contributed by atoms with E-state index in [1.807, 2.05) is 18.2 Å². The van der Waals surface area contributed by atoms with E-state index >= 15 is 0 Å². The highest BCUT2D eigenvalue weighted by molar-refractivity contribution is 7.99. The Morgan fingerprint density at radius 2 is 1.92 bits per heavy atom. The maximum absolute atomic E-state index is 13.0. The number of hydrogen-bond acceptors (Lipinski definition) is 5. The fourth-order valence-electron chi connectivity index (χ4n) is 3.83. The van der Waals surface area contributed by atoms with Gasteiger partial charge in [0.25, 0.3) is 5.56 Å². The zero-order chi connectivity index (χ0) is 18.1. The van der Waals surface area contributed by atoms with E-state index in [9.17, 15) is 14.4 Å². The van der Waals surface area contributed by atoms with Gasteiger partial charge >= 0.3 is 0 Å². The number of para-hydroxylation sites is 1. The Labute approximate surface area is 155 Å². The summed E-state index contributed by atoms with van der Waals surface area (Å²) < 4.78 is 1.78. The second-order valence-corrected chi connectivity index (χ2v) is 7.80. The molecule has 0 spiro atoms. The smallest absolute Gasteiger partial charge is 0.262 e. The number of nitrogens with zero attached hydrogens (tertiary/aromatic N) is 3. The molecule has 2 aromatic rings. The lowest BCUT2D eigenvalue weighted by Gasteiger charge is -2.19. The van der Waals surface area contributed by atoms with Crippen LogP contribution in [0.4, 0.5) is 0 Å². The Bertz CT molecular complexity index is 918. The Morgan fingerprint density at radius 1 is 1.15 bits per heavy atom. The summed E-state index contributed by atoms with van der Waals surface area (Å²) in [5, 5.41) is 1.20. The number of likely N-dealkylation sites (tertiary alicyclic amines) is 1. The van der Waals surface area contributed by atoms with Crippen LogP contribution in [0.1, 0.15) is 44.6 Å². The van der Waals surface area contributed by atoms with Gasteiger partial charge in [0.1, 0.15) is 0 Å². The van der Waals surface area contributed by atoms with Crippen LogP contribution in [0, 0.1) is 0 Å². The van der Waals surface area contributed by atoms with E-state index in [1.165, 1.54) is 16.7 Å². The highest BCUT2D eigenvalue weighted by Gasteiger charge is 2.28. The van der Waals surface area contributed by atoms with Crippen molar-refractivity contribution in [3.63, 3.8) is 0 Å². The normalized spacial score (nSPS) is 18.2. The number of fused-ring (bicyclic) bond motifs is 1. The van der Waals surface area contributed by atoms with E-state index in [0.717, 1.165) is 32.1 Å². The number of carbonyl (C=O) groups is 2. The zero-order valence-electron chi connectivity index (χ0n) is 14.5. The maximum Gasteiger partial charge on any atom is 0.262 e. The molecule has 1 saturated heterocycles. The van der Waals surface area contributed by atoms with Gasteiger partial charge < -0.3 is 0 Å². The molecule has 136 valence electrons. The molecule has 0 atom stereocenters. The zero-order valence-corrected chi connectivity index (χ0v) is 15.3. The fourth-order valence-corrected chi connectivity index (χ4v) is 4.77. The second kappa shape index (κ2) is 7.23. The van der Waals surface area contributed by atoms with Gasteiger partial charge in [-0.3, -0.25) is 23.9 Å². The SMILES string of the molecule is O=C1CCCN1C(=O)CSc1nc2ccccc2c(=O)n1C1CCCC1. The van der Waals surface area contributed by atoms with Gasteiger partial charge in [0.15, 0.2) is 5.16 Å². The van der Waals surface area contributed by atoms with Gasteiger partial charge in [-0.25, -0.2) is 4.98 Å². The highest BCUT2D eigenvalue weighted by atomic mass is 32.2. The van der Waals surface area contributed by atoms with Crippen LogP contribution in [-0.4, -0.2) is 38.6 Å². The lowest BCUT2D eigenvalue weighted by Crippen LogP contribution is -2.33. The summed E-state index contributed by atoms with van der Waals surface area (Å²) in [5.41, 5.74) is 0.619. The number of thioether (sulfide) groups is 1. The van der Waals surface area contributed by atoms with Crippen molar-refractivity contribution in [1.82, 2.24) is 14.5 Å². The molecule has 4 rings (SSSR count). The summed E-state index contributed by atoms with van der Waals surface area (Å²) in [5.74, 6) is -0.170. The van der Waals surface area contributed by atoms with Gasteiger partial charge in [0.05, 0.1) is 16.7 Å². The van der Waals surface area contributed by atoms with Crippen molar-refractivity contribution >= 4 is 34.5 Å². The van der Waals surface area contributed by atoms with E-state index < -0.39 is 0 Å². The number of carbonyl (C=O) groups excluding carboxylic acids is 2. The molecule has 1 aliphatic carbocycles. The molecule has 1 saturated carbocycles. The average Bonchev–Trinajstić information content (AvgIpc) is 3.31. The van der Waals surface area contributed by atoms with Crippen LogP contribution < -0.4 is 5.56 Å². The first kappa shape index (κ1) is 17.3. The molecule has 0 unspecified atom stereocenters. The lowest BCUT2D eigenvalue weighted by molar-refractivity contribution is -0.140. The van der Waals surface area contributed by atoms with Crippen LogP contribution in [0.2, 0.25) is 0 Å². The molecule has 2 fully saturated rings. The quantitative estimate of drug-likeness (QED) is 0.610. The van der Waals surface area contributed by atoms with E-state index in [2.05, 4.69) is 4.98 Å². The van der Waals surface area contributed by atoms with Crippen LogP contribution >= 0.6 is 11.8 Å². The number of benzene rings is 1. The summed E-state index contributed by atoms with van der Waals surface area (Å²) in [4.78, 5) is 43.2. The molecule has 2 aliphatic rings. The fraction of sp³-hybridized carbons (Fsp3) is 0.474. The van der Waals surface area contributed by atoms with Crippen molar-refractivity contribution in [1.29, 1.82) is 0 Å². The Kier molecular flexibility index (Phi) is 4.80. The average molecular weight is 371 g/mol. The summed E-state index contributed by atoms with van der Waals surface area (Å²) in [7, 11) is 0. The number of hydrogen-bond donors (Lipinski definition) is 0. The standard InChI is InChI=1S/C19H21N3O3S/c23-16-10-5-11-21(16)17(24)12-26-19-20-15-9-4-3-8-14(15)18(25)22(19)13-6-1-2-7-13/h3-4,8-9,13H,1-2,5-7,10-12H2. The summed E-state index contributed by atoms with van der Waals surface area (Å²) in [6.45, 7) is 0.499. The molecule has 2 amide bonds. The van der Waals surface area contributed by atoms with Crippen LogP contribution in [0.3, 0.4) is 0 Å². The van der Waals surface area contributed by atoms with Crippen LogP contribution in [0.25, 0.3) is 10.9 Å². The Hall–Kier alpha value is -2.15. The highest BCUT2D eigenvalue weighted by Crippen LogP contribution is 2.32. The molecular weight excluding hydrogens is 350 g/mol. The molecule has 6 nitrogen and oxygen atoms in total. The number of rotatable bonds is 4. The minimum atomic E-state index is -0.196. The molecule has 0 radical (unpaired) electrons. The van der Waals surface area contributed by atoms with Gasteiger partial charge in [-0.05, 0) is 31.4 Å². The van der Waals surface area contributed by atoms with Crippen molar-refractivity contribution in [3.8, 4) is 0 Å². The predicted octanol–water partition coefficient (Wildman–Crippen LogP) is 2.75. The first-order valence-corrected chi connectivity index (χ1v) is 10.1.